The van der Waals surface area contributed by atoms with E-state index in [0.717, 1.165) is 6.07 Å². The quantitative estimate of drug-likeness (QED) is 0.767. The van der Waals surface area contributed by atoms with Crippen LogP contribution in [-0.4, -0.2) is 19.4 Å². The van der Waals surface area contributed by atoms with Gasteiger partial charge in [0.25, 0.3) is 0 Å². The van der Waals surface area contributed by atoms with E-state index in [4.69, 9.17) is 18.6 Å². The molecule has 0 unspecified atom stereocenters. The highest BCUT2D eigenvalue weighted by Gasteiger charge is 2.22. The third-order valence-electron chi connectivity index (χ3n) is 2.71. The van der Waals surface area contributed by atoms with E-state index in [1.54, 1.807) is 19.1 Å². The minimum atomic E-state index is -0.682. The van der Waals surface area contributed by atoms with Gasteiger partial charge in [0.2, 0.25) is 18.3 Å². The molecule has 3 rings (SSSR count). The smallest absolute Gasteiger partial charge is 0.374 e. The van der Waals surface area contributed by atoms with Crippen LogP contribution in [-0.2, 0) is 4.74 Å². The fraction of sp³-hybridized carbons (Fsp3) is 0.231. The Morgan fingerprint density at radius 2 is 2.21 bits per heavy atom. The maximum absolute atomic E-state index is 11.9. The van der Waals surface area contributed by atoms with E-state index >= 15 is 0 Å². The van der Waals surface area contributed by atoms with E-state index in [2.05, 4.69) is 0 Å². The average Bonchev–Trinajstić information content (AvgIpc) is 2.87. The van der Waals surface area contributed by atoms with Crippen LogP contribution in [0.25, 0.3) is 11.0 Å². The molecule has 2 aromatic rings. The summed E-state index contributed by atoms with van der Waals surface area (Å²) in [6, 6.07) is 4.32. The van der Waals surface area contributed by atoms with Crippen LogP contribution < -0.4 is 14.9 Å². The number of rotatable bonds is 2. The van der Waals surface area contributed by atoms with Crippen LogP contribution in [0.15, 0.2) is 27.4 Å². The summed E-state index contributed by atoms with van der Waals surface area (Å²) in [6.45, 7) is 1.93. The Hall–Kier alpha value is -2.50. The molecule has 0 saturated carbocycles. The van der Waals surface area contributed by atoms with Crippen molar-refractivity contribution in [2.24, 2.45) is 0 Å². The summed E-state index contributed by atoms with van der Waals surface area (Å²) < 4.78 is 20.7. The van der Waals surface area contributed by atoms with Gasteiger partial charge in [-0.25, -0.2) is 4.79 Å². The van der Waals surface area contributed by atoms with Crippen LogP contribution in [0.5, 0.6) is 11.5 Å². The predicted molar refractivity (Wildman–Crippen MR) is 64.6 cm³/mol. The number of hydrogen-bond acceptors (Lipinski definition) is 6. The monoisotopic (exact) mass is 262 g/mol. The third-order valence-corrected chi connectivity index (χ3v) is 2.71. The second-order valence-electron chi connectivity index (χ2n) is 3.87. The molecule has 0 bridgehead atoms. The highest BCUT2D eigenvalue weighted by Crippen LogP contribution is 2.38. The van der Waals surface area contributed by atoms with Crippen LogP contribution >= 0.6 is 0 Å². The van der Waals surface area contributed by atoms with Gasteiger partial charge >= 0.3 is 5.97 Å². The van der Waals surface area contributed by atoms with Crippen molar-refractivity contribution in [3.8, 4) is 11.5 Å². The Kier molecular flexibility index (Phi) is 2.63. The van der Waals surface area contributed by atoms with Crippen molar-refractivity contribution >= 4 is 16.9 Å². The second-order valence-corrected chi connectivity index (χ2v) is 3.87. The highest BCUT2D eigenvalue weighted by atomic mass is 16.7. The van der Waals surface area contributed by atoms with Crippen molar-refractivity contribution in [3.63, 3.8) is 0 Å². The number of carbonyl (C=O) groups excluding carboxylic acids is 1. The van der Waals surface area contributed by atoms with E-state index in [1.807, 2.05) is 0 Å². The molecule has 1 aromatic heterocycles. The summed E-state index contributed by atoms with van der Waals surface area (Å²) in [4.78, 5) is 23.6. The van der Waals surface area contributed by atoms with Gasteiger partial charge in [0.15, 0.2) is 16.8 Å². The highest BCUT2D eigenvalue weighted by molar-refractivity contribution is 5.91. The number of fused-ring (bicyclic) bond motifs is 3. The van der Waals surface area contributed by atoms with E-state index in [1.165, 1.54) is 0 Å². The minimum absolute atomic E-state index is 0.0573. The summed E-state index contributed by atoms with van der Waals surface area (Å²) in [6.07, 6.45) is 0. The molecule has 0 atom stereocenters. The molecule has 0 saturated heterocycles. The fourth-order valence-electron chi connectivity index (χ4n) is 1.88. The first kappa shape index (κ1) is 11.6. The van der Waals surface area contributed by atoms with E-state index in [0.29, 0.717) is 16.9 Å². The van der Waals surface area contributed by atoms with Crippen molar-refractivity contribution in [2.45, 2.75) is 6.92 Å². The maximum Gasteiger partial charge on any atom is 0.374 e. The Labute approximate surface area is 107 Å². The van der Waals surface area contributed by atoms with Crippen LogP contribution in [0.2, 0.25) is 0 Å². The zero-order valence-electron chi connectivity index (χ0n) is 10.1. The van der Waals surface area contributed by atoms with Gasteiger partial charge in [-0.05, 0) is 19.1 Å². The number of benzene rings is 1. The van der Waals surface area contributed by atoms with Crippen molar-refractivity contribution in [1.82, 2.24) is 0 Å². The van der Waals surface area contributed by atoms with Crippen molar-refractivity contribution in [1.29, 1.82) is 0 Å². The van der Waals surface area contributed by atoms with Gasteiger partial charge in [-0.2, -0.15) is 0 Å². The molecule has 6 heteroatoms. The van der Waals surface area contributed by atoms with E-state index in [9.17, 15) is 9.59 Å². The Morgan fingerprint density at radius 3 is 3.00 bits per heavy atom. The molecule has 0 radical (unpaired) electrons. The summed E-state index contributed by atoms with van der Waals surface area (Å²) in [7, 11) is 0. The molecule has 1 aliphatic heterocycles. The molecule has 2 heterocycles. The standard InChI is InChI=1S/C13H10O6/c1-2-16-13(15)10-5-8(14)7-3-4-9-12(11(7)19-10)18-6-17-9/h3-5H,2,6H2,1H3. The molecule has 0 N–H and O–H groups in total. The van der Waals surface area contributed by atoms with Crippen molar-refractivity contribution in [3.05, 3.63) is 34.2 Å². The van der Waals surface area contributed by atoms with E-state index in [-0.39, 0.29) is 30.2 Å². The molecule has 6 nitrogen and oxygen atoms in total. The first-order chi connectivity index (χ1) is 9.20. The molecular weight excluding hydrogens is 252 g/mol. The molecule has 0 spiro atoms. The lowest BCUT2D eigenvalue weighted by molar-refractivity contribution is 0.0490. The molecule has 19 heavy (non-hydrogen) atoms. The van der Waals surface area contributed by atoms with Gasteiger partial charge in [-0.3, -0.25) is 4.79 Å². The van der Waals surface area contributed by atoms with Crippen LogP contribution in [0.3, 0.4) is 0 Å². The fourth-order valence-corrected chi connectivity index (χ4v) is 1.88. The van der Waals surface area contributed by atoms with Crippen LogP contribution in [0.1, 0.15) is 17.5 Å². The number of carbonyl (C=O) groups is 1. The molecule has 0 aliphatic carbocycles. The summed E-state index contributed by atoms with van der Waals surface area (Å²) >= 11 is 0. The van der Waals surface area contributed by atoms with Gasteiger partial charge in [0.05, 0.1) is 12.0 Å². The molecule has 0 fully saturated rings. The van der Waals surface area contributed by atoms with Crippen LogP contribution in [0, 0.1) is 0 Å². The van der Waals surface area contributed by atoms with Gasteiger partial charge in [0, 0.05) is 6.07 Å². The average molecular weight is 262 g/mol. The van der Waals surface area contributed by atoms with Crippen LogP contribution in [0.4, 0.5) is 0 Å². The number of ether oxygens (including phenoxy) is 3. The molecular formula is C13H10O6. The Morgan fingerprint density at radius 1 is 1.37 bits per heavy atom. The third kappa shape index (κ3) is 1.81. The number of esters is 1. The Balaban J connectivity index is 2.24. The lowest BCUT2D eigenvalue weighted by atomic mass is 10.2. The van der Waals surface area contributed by atoms with Gasteiger partial charge in [-0.15, -0.1) is 0 Å². The predicted octanol–water partition coefficient (Wildman–Crippen LogP) is 1.70. The minimum Gasteiger partial charge on any atom is -0.460 e. The summed E-state index contributed by atoms with van der Waals surface area (Å²) in [5.74, 6) is -0.0151. The van der Waals surface area contributed by atoms with Crippen molar-refractivity contribution < 1.29 is 23.4 Å². The SMILES string of the molecule is CCOC(=O)c1cc(=O)c2ccc3c(c2o1)OCO3. The van der Waals surface area contributed by atoms with Gasteiger partial charge < -0.3 is 18.6 Å². The Bertz CT molecular complexity index is 715. The first-order valence-electron chi connectivity index (χ1n) is 5.74. The van der Waals surface area contributed by atoms with Gasteiger partial charge in [-0.1, -0.05) is 0 Å². The molecule has 98 valence electrons. The zero-order chi connectivity index (χ0) is 13.4. The molecule has 1 aromatic carbocycles. The van der Waals surface area contributed by atoms with Crippen molar-refractivity contribution in [2.75, 3.05) is 13.4 Å². The summed E-state index contributed by atoms with van der Waals surface area (Å²) in [5, 5.41) is 0.331. The largest absolute Gasteiger partial charge is 0.460 e. The van der Waals surface area contributed by atoms with E-state index < -0.39 is 5.97 Å². The summed E-state index contributed by atoms with van der Waals surface area (Å²) in [5.41, 5.74) is -0.131. The topological polar surface area (TPSA) is 75.0 Å². The lowest BCUT2D eigenvalue weighted by Crippen LogP contribution is -2.10. The van der Waals surface area contributed by atoms with Gasteiger partial charge in [0.1, 0.15) is 0 Å². The molecule has 1 aliphatic rings. The normalized spacial score (nSPS) is 12.7. The molecule has 0 amide bonds. The zero-order valence-corrected chi connectivity index (χ0v) is 10.1. The maximum atomic E-state index is 11.9. The number of hydrogen-bond donors (Lipinski definition) is 0. The first-order valence-corrected chi connectivity index (χ1v) is 5.74. The lowest BCUT2D eigenvalue weighted by Gasteiger charge is -2.04. The second kappa shape index (κ2) is 4.31.